The van der Waals surface area contributed by atoms with E-state index in [9.17, 15) is 9.18 Å². The zero-order chi connectivity index (χ0) is 22.0. The maximum atomic E-state index is 13.2. The number of carboxylic acids is 1. The smallest absolute Gasteiger partial charge is 0.309 e. The second-order valence-electron chi connectivity index (χ2n) is 8.48. The maximum absolute atomic E-state index is 13.2. The number of aliphatic carboxylic acids is 1. The fourth-order valence-corrected chi connectivity index (χ4v) is 4.58. The van der Waals surface area contributed by atoms with Gasteiger partial charge in [0, 0.05) is 19.6 Å². The van der Waals surface area contributed by atoms with E-state index in [0.717, 1.165) is 43.5 Å². The number of fused-ring (bicyclic) bond motifs is 1. The number of rotatable bonds is 8. The van der Waals surface area contributed by atoms with Crippen LogP contribution in [0.5, 0.6) is 5.75 Å². The van der Waals surface area contributed by atoms with Crippen LogP contribution in [0, 0.1) is 11.7 Å². The number of likely N-dealkylation sites (tertiary alicyclic amines) is 1. The number of nitrogens with zero attached hydrogens (tertiary/aromatic N) is 1. The van der Waals surface area contributed by atoms with Crippen molar-refractivity contribution in [3.05, 3.63) is 69.5 Å². The van der Waals surface area contributed by atoms with E-state index in [1.54, 1.807) is 12.1 Å². The molecular weight excluding hydrogens is 417 g/mol. The molecule has 1 aliphatic heterocycles. The monoisotopic (exact) mass is 443 g/mol. The fraction of sp³-hybridized carbons (Fsp3) is 0.400. The normalized spacial score (nSPS) is 16.7. The van der Waals surface area contributed by atoms with Gasteiger partial charge < -0.3 is 9.84 Å². The largest absolute Gasteiger partial charge is 0.494 e. The van der Waals surface area contributed by atoms with Gasteiger partial charge >= 0.3 is 5.97 Å². The minimum atomic E-state index is -0.690. The summed E-state index contributed by atoms with van der Waals surface area (Å²) in [6.45, 7) is 4.91. The summed E-state index contributed by atoms with van der Waals surface area (Å²) in [5, 5.41) is 9.21. The Hall–Kier alpha value is -2.37. The highest BCUT2D eigenvalue weighted by Gasteiger charge is 2.33. The predicted octanol–water partition coefficient (Wildman–Crippen LogP) is 5.23. The number of ether oxygens (including phenoxy) is 1. The first kappa shape index (κ1) is 21.8. The van der Waals surface area contributed by atoms with E-state index < -0.39 is 11.8 Å². The average molecular weight is 444 g/mol. The van der Waals surface area contributed by atoms with Crippen molar-refractivity contribution >= 4 is 23.1 Å². The zero-order valence-electron chi connectivity index (χ0n) is 17.7. The number of carboxylic acid groups (broad SMARTS) is 1. The second kappa shape index (κ2) is 9.41. The number of halogens is 2. The summed E-state index contributed by atoms with van der Waals surface area (Å²) in [7, 11) is 0. The van der Waals surface area contributed by atoms with Gasteiger partial charge in [0.1, 0.15) is 11.6 Å². The van der Waals surface area contributed by atoms with Gasteiger partial charge in [-0.1, -0.05) is 29.3 Å². The number of benzene rings is 2. The molecule has 164 valence electrons. The third-order valence-electron chi connectivity index (χ3n) is 6.29. The highest BCUT2D eigenvalue weighted by molar-refractivity contribution is 6.30. The Labute approximate surface area is 187 Å². The van der Waals surface area contributed by atoms with Crippen LogP contribution in [0.4, 0.5) is 4.39 Å². The topological polar surface area (TPSA) is 49.8 Å². The van der Waals surface area contributed by atoms with E-state index in [4.69, 9.17) is 21.4 Å². The first-order valence-electron chi connectivity index (χ1n) is 10.7. The molecule has 0 aromatic heterocycles. The summed E-state index contributed by atoms with van der Waals surface area (Å²) in [5.41, 5.74) is 6.29. The lowest BCUT2D eigenvalue weighted by atomic mass is 9.85. The van der Waals surface area contributed by atoms with Crippen molar-refractivity contribution < 1.29 is 19.0 Å². The lowest BCUT2D eigenvalue weighted by molar-refractivity contribution is -0.147. The molecule has 4 nitrogen and oxygen atoms in total. The quantitative estimate of drug-likeness (QED) is 0.568. The molecule has 0 unspecified atom stereocenters. The molecule has 2 aromatic rings. The predicted molar refractivity (Wildman–Crippen MR) is 120 cm³/mol. The molecule has 0 saturated carbocycles. The molecule has 1 saturated heterocycles. The van der Waals surface area contributed by atoms with Gasteiger partial charge in [-0.15, -0.1) is 0 Å². The van der Waals surface area contributed by atoms with Crippen LogP contribution in [0.25, 0.3) is 5.57 Å². The van der Waals surface area contributed by atoms with Gasteiger partial charge in [-0.25, -0.2) is 4.39 Å². The summed E-state index contributed by atoms with van der Waals surface area (Å²) in [6, 6.07) is 11.1. The third kappa shape index (κ3) is 5.10. The Kier molecular flexibility index (Phi) is 6.63. The van der Waals surface area contributed by atoms with E-state index in [0.29, 0.717) is 19.7 Å². The van der Waals surface area contributed by atoms with E-state index >= 15 is 0 Å². The highest BCUT2D eigenvalue weighted by atomic mass is 35.5. The average Bonchev–Trinajstić information content (AvgIpc) is 2.71. The molecule has 0 bridgehead atoms. The molecule has 1 fully saturated rings. The van der Waals surface area contributed by atoms with Crippen LogP contribution in [0.15, 0.2) is 42.0 Å². The van der Waals surface area contributed by atoms with Crippen molar-refractivity contribution in [2.75, 3.05) is 26.2 Å². The Morgan fingerprint density at radius 2 is 2.03 bits per heavy atom. The highest BCUT2D eigenvalue weighted by Crippen LogP contribution is 2.34. The van der Waals surface area contributed by atoms with E-state index in [1.807, 2.05) is 6.07 Å². The minimum absolute atomic E-state index is 0.159. The van der Waals surface area contributed by atoms with Gasteiger partial charge in [-0.2, -0.15) is 0 Å². The molecule has 2 aliphatic rings. The summed E-state index contributed by atoms with van der Waals surface area (Å²) >= 11 is 5.83. The summed E-state index contributed by atoms with van der Waals surface area (Å²) in [6.07, 6.45) is 3.59. The molecular formula is C25H27ClFNO3. The molecule has 0 amide bonds. The summed E-state index contributed by atoms with van der Waals surface area (Å²) in [4.78, 5) is 13.2. The van der Waals surface area contributed by atoms with Crippen LogP contribution in [0.3, 0.4) is 0 Å². The molecule has 0 spiro atoms. The Bertz CT molecular complexity index is 1010. The molecule has 0 atom stereocenters. The molecule has 0 radical (unpaired) electrons. The lowest BCUT2D eigenvalue weighted by Crippen LogP contribution is -2.50. The Morgan fingerprint density at radius 1 is 1.23 bits per heavy atom. The second-order valence-corrected chi connectivity index (χ2v) is 8.88. The van der Waals surface area contributed by atoms with Crippen molar-refractivity contribution in [3.8, 4) is 5.75 Å². The van der Waals surface area contributed by atoms with Crippen molar-refractivity contribution in [1.29, 1.82) is 0 Å². The minimum Gasteiger partial charge on any atom is -0.494 e. The van der Waals surface area contributed by atoms with Crippen molar-refractivity contribution in [2.45, 2.75) is 32.6 Å². The Morgan fingerprint density at radius 3 is 2.77 bits per heavy atom. The number of carbonyl (C=O) groups is 1. The van der Waals surface area contributed by atoms with E-state index in [1.165, 1.54) is 28.3 Å². The van der Waals surface area contributed by atoms with Crippen molar-refractivity contribution in [3.63, 3.8) is 0 Å². The first-order chi connectivity index (χ1) is 14.9. The van der Waals surface area contributed by atoms with Gasteiger partial charge in [0.2, 0.25) is 0 Å². The van der Waals surface area contributed by atoms with Crippen LogP contribution >= 0.6 is 11.6 Å². The van der Waals surface area contributed by atoms with Crippen LogP contribution in [-0.4, -0.2) is 42.2 Å². The molecule has 1 heterocycles. The van der Waals surface area contributed by atoms with Crippen LogP contribution in [0.1, 0.15) is 36.5 Å². The third-order valence-corrected chi connectivity index (χ3v) is 6.58. The summed E-state index contributed by atoms with van der Waals surface area (Å²) in [5.74, 6) is -0.418. The Balaban J connectivity index is 1.30. The number of hydrogen-bond donors (Lipinski definition) is 1. The molecule has 31 heavy (non-hydrogen) atoms. The first-order valence-corrected chi connectivity index (χ1v) is 11.1. The molecule has 6 heteroatoms. The number of hydrogen-bond acceptors (Lipinski definition) is 3. The lowest BCUT2D eigenvalue weighted by Gasteiger charge is -2.38. The van der Waals surface area contributed by atoms with Crippen LogP contribution < -0.4 is 4.74 Å². The van der Waals surface area contributed by atoms with Crippen molar-refractivity contribution in [2.24, 2.45) is 5.92 Å². The molecule has 4 rings (SSSR count). The number of allylic oxidation sites excluding steroid dienone is 1. The zero-order valence-corrected chi connectivity index (χ0v) is 18.4. The van der Waals surface area contributed by atoms with Gasteiger partial charge in [-0.05, 0) is 79.1 Å². The van der Waals surface area contributed by atoms with E-state index in [2.05, 4.69) is 24.0 Å². The van der Waals surface area contributed by atoms with Gasteiger partial charge in [-0.3, -0.25) is 9.69 Å². The molecule has 2 aromatic carbocycles. The van der Waals surface area contributed by atoms with E-state index in [-0.39, 0.29) is 10.9 Å². The van der Waals surface area contributed by atoms with Gasteiger partial charge in [0.25, 0.3) is 0 Å². The molecule has 1 aliphatic carbocycles. The summed E-state index contributed by atoms with van der Waals surface area (Å²) < 4.78 is 19.2. The van der Waals surface area contributed by atoms with Gasteiger partial charge in [0.05, 0.1) is 17.5 Å². The van der Waals surface area contributed by atoms with Gasteiger partial charge in [0.15, 0.2) is 0 Å². The van der Waals surface area contributed by atoms with Crippen LogP contribution in [-0.2, 0) is 17.6 Å². The standard InChI is InChI=1S/C25H27ClFNO3/c1-16-19(13-28-14-20(15-28)25(29)30)6-5-18-12-21(7-8-22(16)18)31-10-2-3-17-4-9-24(27)23(26)11-17/h4,7-9,11-12,20H,2-3,5-6,10,13-15H2,1H3,(H,29,30). The fourth-order valence-electron chi connectivity index (χ4n) is 4.38. The molecule has 1 N–H and O–H groups in total. The van der Waals surface area contributed by atoms with Crippen LogP contribution in [0.2, 0.25) is 5.02 Å². The SMILES string of the molecule is CC1=C(CN2CC(C(=O)O)C2)CCc2cc(OCCCc3ccc(F)c(Cl)c3)ccc21. The maximum Gasteiger partial charge on any atom is 0.309 e. The van der Waals surface area contributed by atoms with Crippen molar-refractivity contribution in [1.82, 2.24) is 4.90 Å². The number of aryl methyl sites for hydroxylation is 2.